The van der Waals surface area contributed by atoms with Crippen molar-refractivity contribution in [1.29, 1.82) is 0 Å². The third-order valence-corrected chi connectivity index (χ3v) is 0.562. The largest absolute Gasteiger partial charge is 0.542 e. The van der Waals surface area contributed by atoms with Crippen LogP contribution in [0.1, 0.15) is 6.42 Å². The number of hydrogen-bond acceptors (Lipinski definition) is 4. The highest BCUT2D eigenvalue weighted by Crippen LogP contribution is 1.77. The lowest BCUT2D eigenvalue weighted by atomic mass is 10.3. The zero-order valence-corrected chi connectivity index (χ0v) is 4.42. The molecule has 0 aliphatic heterocycles. The van der Waals surface area contributed by atoms with Gasteiger partial charge in [-0.1, -0.05) is 0 Å². The van der Waals surface area contributed by atoms with Gasteiger partial charge in [-0.2, -0.15) is 0 Å². The van der Waals surface area contributed by atoms with Crippen LogP contribution in [0.25, 0.3) is 0 Å². The van der Waals surface area contributed by atoms with Gasteiger partial charge in [0.05, 0.1) is 6.42 Å². The smallest absolute Gasteiger partial charge is 0.225 e. The van der Waals surface area contributed by atoms with E-state index in [1.54, 1.807) is 0 Å². The average Bonchev–Trinajstić information content (AvgIpc) is 1.63. The van der Waals surface area contributed by atoms with Crippen molar-refractivity contribution in [2.75, 3.05) is 0 Å². The zero-order chi connectivity index (χ0) is 7.44. The highest BCUT2D eigenvalue weighted by atomic mass is 16.4. The Morgan fingerprint density at radius 1 is 1.33 bits per heavy atom. The van der Waals surface area contributed by atoms with E-state index in [9.17, 15) is 19.5 Å². The van der Waals surface area contributed by atoms with Crippen molar-refractivity contribution in [3.8, 4) is 0 Å². The normalized spacial score (nSPS) is 8.44. The minimum atomic E-state index is -1.88. The number of carboxylic acids is 1. The number of carboxylic acid groups (broad SMARTS) is 1. The summed E-state index contributed by atoms with van der Waals surface area (Å²) in [4.78, 5) is 29.4. The fourth-order valence-corrected chi connectivity index (χ4v) is 0.230. The van der Waals surface area contributed by atoms with Crippen LogP contribution >= 0.6 is 0 Å². The summed E-state index contributed by atoms with van der Waals surface area (Å²) < 4.78 is 0. The lowest BCUT2D eigenvalue weighted by Crippen LogP contribution is -2.34. The molecule has 50 valence electrons. The Labute approximate surface area is 50.5 Å². The molecule has 0 saturated carbocycles. The van der Waals surface area contributed by atoms with Gasteiger partial charge in [0.2, 0.25) is 5.91 Å². The molecule has 0 unspecified atom stereocenters. The maximum Gasteiger partial charge on any atom is 0.225 e. The van der Waals surface area contributed by atoms with Crippen molar-refractivity contribution in [3.63, 3.8) is 0 Å². The van der Waals surface area contributed by atoms with Crippen LogP contribution in [-0.2, 0) is 14.4 Å². The summed E-state index contributed by atoms with van der Waals surface area (Å²) in [5.74, 6) is -4.14. The summed E-state index contributed by atoms with van der Waals surface area (Å²) >= 11 is 0. The van der Waals surface area contributed by atoms with Gasteiger partial charge < -0.3 is 15.6 Å². The van der Waals surface area contributed by atoms with Crippen LogP contribution in [0.15, 0.2) is 0 Å². The molecule has 0 aliphatic rings. The molecule has 0 aromatic carbocycles. The first-order valence-corrected chi connectivity index (χ1v) is 2.06. The Balaban J connectivity index is 3.79. The number of amides is 1. The molecule has 0 heterocycles. The molecule has 0 aliphatic carbocycles. The molecule has 0 aromatic rings. The fourth-order valence-electron chi connectivity index (χ4n) is 0.230. The molecule has 0 radical (unpaired) electrons. The fraction of sp³-hybridized carbons (Fsp3) is 0.250. The molecule has 0 atom stereocenters. The van der Waals surface area contributed by atoms with E-state index in [0.717, 1.165) is 0 Å². The van der Waals surface area contributed by atoms with Crippen LogP contribution in [0.5, 0.6) is 0 Å². The third kappa shape index (κ3) is 3.22. The number of Topliss-reactive ketones (excluding diaryl/α,β-unsaturated/α-hetero) is 1. The molecule has 5 heteroatoms. The van der Waals surface area contributed by atoms with Crippen LogP contribution in [0.2, 0.25) is 0 Å². The Morgan fingerprint density at radius 2 is 1.78 bits per heavy atom. The lowest BCUT2D eigenvalue weighted by molar-refractivity contribution is -0.300. The second-order valence-electron chi connectivity index (χ2n) is 1.35. The first kappa shape index (κ1) is 7.61. The molecule has 9 heavy (non-hydrogen) atoms. The van der Waals surface area contributed by atoms with Gasteiger partial charge in [0.25, 0.3) is 0 Å². The molecule has 0 rings (SSSR count). The minimum absolute atomic E-state index is 0.789. The van der Waals surface area contributed by atoms with Crippen molar-refractivity contribution < 1.29 is 19.5 Å². The summed E-state index contributed by atoms with van der Waals surface area (Å²) in [6, 6.07) is 0. The summed E-state index contributed by atoms with van der Waals surface area (Å²) in [5, 5.41) is 9.57. The number of ketones is 1. The number of primary amides is 1. The number of hydrogen-bond donors (Lipinski definition) is 1. The Morgan fingerprint density at radius 3 is 1.89 bits per heavy atom. The second-order valence-corrected chi connectivity index (χ2v) is 1.35. The molecule has 0 aromatic heterocycles. The van der Waals surface area contributed by atoms with Gasteiger partial charge in [0, 0.05) is 0 Å². The van der Waals surface area contributed by atoms with Gasteiger partial charge in [-0.15, -0.1) is 0 Å². The van der Waals surface area contributed by atoms with Crippen molar-refractivity contribution in [2.24, 2.45) is 5.73 Å². The van der Waals surface area contributed by atoms with E-state index in [4.69, 9.17) is 0 Å². The highest BCUT2D eigenvalue weighted by Gasteiger charge is 2.05. The summed E-state index contributed by atoms with van der Waals surface area (Å²) in [7, 11) is 0. The first-order valence-electron chi connectivity index (χ1n) is 2.06. The van der Waals surface area contributed by atoms with E-state index in [1.165, 1.54) is 0 Å². The van der Waals surface area contributed by atoms with Crippen molar-refractivity contribution in [1.82, 2.24) is 0 Å². The molecular formula is C4H4NO4-. The number of aliphatic carboxylic acids is 1. The molecule has 0 fully saturated rings. The minimum Gasteiger partial charge on any atom is -0.542 e. The van der Waals surface area contributed by atoms with Gasteiger partial charge in [-0.3, -0.25) is 9.59 Å². The van der Waals surface area contributed by atoms with E-state index in [1.807, 2.05) is 0 Å². The molecular weight excluding hydrogens is 126 g/mol. The molecule has 5 nitrogen and oxygen atoms in total. The van der Waals surface area contributed by atoms with Crippen molar-refractivity contribution >= 4 is 17.7 Å². The lowest BCUT2D eigenvalue weighted by Gasteiger charge is -1.94. The predicted octanol–water partition coefficient (Wildman–Crippen LogP) is -2.82. The van der Waals surface area contributed by atoms with Crippen LogP contribution in [-0.4, -0.2) is 17.7 Å². The molecule has 0 bridgehead atoms. The van der Waals surface area contributed by atoms with Gasteiger partial charge in [-0.25, -0.2) is 0 Å². The summed E-state index contributed by atoms with van der Waals surface area (Å²) in [5.41, 5.74) is 4.48. The van der Waals surface area contributed by atoms with Gasteiger partial charge in [-0.05, 0) is 0 Å². The topological polar surface area (TPSA) is 100 Å². The zero-order valence-electron chi connectivity index (χ0n) is 4.42. The van der Waals surface area contributed by atoms with Crippen LogP contribution in [0, 0.1) is 0 Å². The Bertz CT molecular complexity index is 162. The van der Waals surface area contributed by atoms with Crippen molar-refractivity contribution in [3.05, 3.63) is 0 Å². The van der Waals surface area contributed by atoms with E-state index < -0.39 is 24.1 Å². The molecule has 0 spiro atoms. The standard InChI is InChI=1S/C4H5NO4/c5-3(7)1-2(6)4(8)9/h1H2,(H2,5,7)(H,8,9)/p-1. The van der Waals surface area contributed by atoms with Gasteiger partial charge in [0.1, 0.15) is 5.97 Å². The van der Waals surface area contributed by atoms with Crippen LogP contribution < -0.4 is 10.8 Å². The summed E-state index contributed by atoms with van der Waals surface area (Å²) in [6.07, 6.45) is -0.789. The first-order chi connectivity index (χ1) is 4.04. The summed E-state index contributed by atoms with van der Waals surface area (Å²) in [6.45, 7) is 0. The second kappa shape index (κ2) is 2.81. The van der Waals surface area contributed by atoms with Crippen molar-refractivity contribution in [2.45, 2.75) is 6.42 Å². The van der Waals surface area contributed by atoms with Gasteiger partial charge in [0.15, 0.2) is 5.78 Å². The van der Waals surface area contributed by atoms with Crippen LogP contribution in [0.3, 0.4) is 0 Å². The van der Waals surface area contributed by atoms with E-state index in [0.29, 0.717) is 0 Å². The van der Waals surface area contributed by atoms with E-state index in [2.05, 4.69) is 5.73 Å². The number of nitrogens with two attached hydrogens (primary N) is 1. The Hall–Kier alpha value is -1.39. The van der Waals surface area contributed by atoms with E-state index in [-0.39, 0.29) is 0 Å². The van der Waals surface area contributed by atoms with E-state index >= 15 is 0 Å². The number of carbonyl (C=O) groups is 3. The molecule has 1 amide bonds. The molecule has 0 saturated heterocycles. The van der Waals surface area contributed by atoms with Crippen LogP contribution in [0.4, 0.5) is 0 Å². The molecule has 2 N–H and O–H groups in total. The average molecular weight is 130 g/mol. The number of rotatable bonds is 3. The Kier molecular flexibility index (Phi) is 2.37. The predicted molar refractivity (Wildman–Crippen MR) is 23.8 cm³/mol. The maximum absolute atomic E-state index is 9.99. The number of carbonyl (C=O) groups excluding carboxylic acids is 3. The van der Waals surface area contributed by atoms with Gasteiger partial charge >= 0.3 is 0 Å². The highest BCUT2D eigenvalue weighted by molar-refractivity contribution is 6.35. The monoisotopic (exact) mass is 130 g/mol. The SMILES string of the molecule is NC(=O)CC(=O)C(=O)[O-]. The third-order valence-electron chi connectivity index (χ3n) is 0.562. The maximum atomic E-state index is 9.99. The quantitative estimate of drug-likeness (QED) is 0.329.